The SMILES string of the molecule is COc1ncnc(C2CC2)c1-c1ncc2c(OC)nn([C@@H](C)c3ccc(-c4nc(C(F)(F)F)cn4C)cc3)c2n1. The average Bonchev–Trinajstić information content (AvgIpc) is 3.63. The van der Waals surface area contributed by atoms with Gasteiger partial charge in [0.1, 0.15) is 23.1 Å². The van der Waals surface area contributed by atoms with Crippen LogP contribution in [-0.2, 0) is 13.2 Å². The highest BCUT2D eigenvalue weighted by Crippen LogP contribution is 2.45. The summed E-state index contributed by atoms with van der Waals surface area (Å²) >= 11 is 0. The number of hydrogen-bond acceptors (Lipinski definition) is 8. The fourth-order valence-corrected chi connectivity index (χ4v) is 4.78. The number of aromatic nitrogens is 8. The molecule has 1 fully saturated rings. The number of imidazole rings is 1. The zero-order chi connectivity index (χ0) is 28.2. The van der Waals surface area contributed by atoms with Crippen molar-refractivity contribution < 1.29 is 22.6 Å². The van der Waals surface area contributed by atoms with Crippen LogP contribution >= 0.6 is 0 Å². The maximum absolute atomic E-state index is 13.1. The molecular weight excluding hydrogens is 525 g/mol. The van der Waals surface area contributed by atoms with Crippen LogP contribution in [0, 0.1) is 0 Å². The number of alkyl halides is 3. The normalized spacial score (nSPS) is 14.5. The largest absolute Gasteiger partial charge is 0.480 e. The Hall–Kier alpha value is -4.55. The molecule has 4 aromatic heterocycles. The van der Waals surface area contributed by atoms with E-state index in [0.717, 1.165) is 30.3 Å². The fraction of sp³-hybridized carbons (Fsp3) is 0.333. The summed E-state index contributed by atoms with van der Waals surface area (Å²) in [6.07, 6.45) is 1.68. The molecule has 13 heteroatoms. The molecule has 0 amide bonds. The average molecular weight is 551 g/mol. The summed E-state index contributed by atoms with van der Waals surface area (Å²) in [5.74, 6) is 1.74. The molecule has 1 aromatic carbocycles. The van der Waals surface area contributed by atoms with Crippen molar-refractivity contribution in [2.75, 3.05) is 14.2 Å². The predicted molar refractivity (Wildman–Crippen MR) is 139 cm³/mol. The lowest BCUT2D eigenvalue weighted by Gasteiger charge is -2.15. The smallest absolute Gasteiger partial charge is 0.434 e. The Labute approximate surface area is 226 Å². The van der Waals surface area contributed by atoms with Crippen LogP contribution in [0.4, 0.5) is 13.2 Å². The number of benzene rings is 1. The molecule has 0 spiro atoms. The Morgan fingerprint density at radius 1 is 0.975 bits per heavy atom. The highest BCUT2D eigenvalue weighted by molar-refractivity contribution is 5.83. The first kappa shape index (κ1) is 25.7. The third-order valence-corrected chi connectivity index (χ3v) is 7.02. The Bertz CT molecular complexity index is 1710. The maximum atomic E-state index is 13.1. The summed E-state index contributed by atoms with van der Waals surface area (Å²) in [6, 6.07) is 6.86. The van der Waals surface area contributed by atoms with Gasteiger partial charge in [-0.15, -0.1) is 5.10 Å². The van der Waals surface area contributed by atoms with Crippen LogP contribution in [0.3, 0.4) is 0 Å². The number of fused-ring (bicyclic) bond motifs is 1. The summed E-state index contributed by atoms with van der Waals surface area (Å²) in [5, 5.41) is 5.28. The number of hydrogen-bond donors (Lipinski definition) is 0. The predicted octanol–water partition coefficient (Wildman–Crippen LogP) is 5.21. The van der Waals surface area contributed by atoms with Crippen LogP contribution < -0.4 is 9.47 Å². The van der Waals surface area contributed by atoms with E-state index in [2.05, 4.69) is 25.0 Å². The van der Waals surface area contributed by atoms with E-state index < -0.39 is 11.9 Å². The van der Waals surface area contributed by atoms with E-state index >= 15 is 0 Å². The molecular formula is C27H25F3N8O2. The van der Waals surface area contributed by atoms with Gasteiger partial charge in [0.15, 0.2) is 17.2 Å². The van der Waals surface area contributed by atoms with Gasteiger partial charge in [-0.25, -0.2) is 29.6 Å². The first-order valence-electron chi connectivity index (χ1n) is 12.6. The molecule has 40 heavy (non-hydrogen) atoms. The molecule has 206 valence electrons. The quantitative estimate of drug-likeness (QED) is 0.272. The molecule has 4 heterocycles. The zero-order valence-electron chi connectivity index (χ0n) is 22.1. The topological polar surface area (TPSA) is 106 Å². The van der Waals surface area contributed by atoms with E-state index in [1.807, 2.05) is 19.1 Å². The van der Waals surface area contributed by atoms with Crippen molar-refractivity contribution in [3.05, 3.63) is 59.9 Å². The standard InChI is InChI=1S/C27H25F3N8O2/c1-14(15-5-9-17(10-6-15)23-34-19(12-37(23)2)27(28,29)30)38-24-18(25(36-38)39-3)11-31-22(35-24)20-21(16-7-8-16)32-13-33-26(20)40-4/h5-6,9-14,16H,7-8H2,1-4H3/t14-/m0/s1. The molecule has 0 unspecified atom stereocenters. The van der Waals surface area contributed by atoms with Crippen molar-refractivity contribution >= 4 is 11.0 Å². The van der Waals surface area contributed by atoms with E-state index in [1.54, 1.807) is 30.1 Å². The molecule has 1 atom stereocenters. The first-order chi connectivity index (χ1) is 19.2. The minimum Gasteiger partial charge on any atom is -0.480 e. The molecule has 1 aliphatic carbocycles. The fourth-order valence-electron chi connectivity index (χ4n) is 4.78. The van der Waals surface area contributed by atoms with Crippen LogP contribution in [0.2, 0.25) is 0 Å². The van der Waals surface area contributed by atoms with E-state index in [-0.39, 0.29) is 11.9 Å². The Balaban J connectivity index is 1.39. The second-order valence-corrected chi connectivity index (χ2v) is 9.66. The third-order valence-electron chi connectivity index (χ3n) is 7.02. The first-order valence-corrected chi connectivity index (χ1v) is 12.6. The Morgan fingerprint density at radius 2 is 1.70 bits per heavy atom. The van der Waals surface area contributed by atoms with E-state index in [0.29, 0.717) is 45.7 Å². The molecule has 0 bridgehead atoms. The molecule has 0 aliphatic heterocycles. The van der Waals surface area contributed by atoms with Gasteiger partial charge < -0.3 is 14.0 Å². The highest BCUT2D eigenvalue weighted by Gasteiger charge is 2.35. The minimum absolute atomic E-state index is 0.223. The van der Waals surface area contributed by atoms with Gasteiger partial charge in [-0.05, 0) is 25.3 Å². The number of methoxy groups -OCH3 is 2. The lowest BCUT2D eigenvalue weighted by atomic mass is 10.1. The molecule has 0 saturated heterocycles. The van der Waals surface area contributed by atoms with Crippen molar-refractivity contribution in [2.45, 2.75) is 37.9 Å². The summed E-state index contributed by atoms with van der Waals surface area (Å²) in [4.78, 5) is 22.0. The van der Waals surface area contributed by atoms with Crippen LogP contribution in [-0.4, -0.2) is 53.5 Å². The Morgan fingerprint density at radius 3 is 2.33 bits per heavy atom. The summed E-state index contributed by atoms with van der Waals surface area (Å²) in [5.41, 5.74) is 2.55. The summed E-state index contributed by atoms with van der Waals surface area (Å²) in [6.45, 7) is 1.95. The van der Waals surface area contributed by atoms with Crippen molar-refractivity contribution in [3.8, 4) is 34.5 Å². The number of nitrogens with zero attached hydrogens (tertiary/aromatic N) is 8. The number of rotatable bonds is 7. The maximum Gasteiger partial charge on any atom is 0.434 e. The van der Waals surface area contributed by atoms with Crippen molar-refractivity contribution in [3.63, 3.8) is 0 Å². The van der Waals surface area contributed by atoms with Crippen LogP contribution in [0.15, 0.2) is 43.0 Å². The van der Waals surface area contributed by atoms with Crippen molar-refractivity contribution in [1.82, 2.24) is 39.3 Å². The molecule has 0 N–H and O–H groups in total. The second kappa shape index (κ2) is 9.57. The number of aryl methyl sites for hydroxylation is 1. The molecule has 0 radical (unpaired) electrons. The number of ether oxygens (including phenoxy) is 2. The minimum atomic E-state index is -4.51. The van der Waals surface area contributed by atoms with Gasteiger partial charge in [-0.1, -0.05) is 24.3 Å². The second-order valence-electron chi connectivity index (χ2n) is 9.66. The third kappa shape index (κ3) is 4.40. The van der Waals surface area contributed by atoms with Gasteiger partial charge in [0.25, 0.3) is 0 Å². The van der Waals surface area contributed by atoms with Crippen LogP contribution in [0.25, 0.3) is 33.8 Å². The molecule has 6 rings (SSSR count). The zero-order valence-corrected chi connectivity index (χ0v) is 22.1. The van der Waals surface area contributed by atoms with Gasteiger partial charge in [0.05, 0.1) is 26.0 Å². The lowest BCUT2D eigenvalue weighted by Crippen LogP contribution is -2.10. The molecule has 10 nitrogen and oxygen atoms in total. The van der Waals surface area contributed by atoms with Gasteiger partial charge in [-0.3, -0.25) is 0 Å². The monoisotopic (exact) mass is 550 g/mol. The lowest BCUT2D eigenvalue weighted by molar-refractivity contribution is -0.140. The van der Waals surface area contributed by atoms with Crippen molar-refractivity contribution in [1.29, 1.82) is 0 Å². The van der Waals surface area contributed by atoms with Crippen molar-refractivity contribution in [2.24, 2.45) is 7.05 Å². The van der Waals surface area contributed by atoms with Crippen LogP contribution in [0.5, 0.6) is 11.8 Å². The summed E-state index contributed by atoms with van der Waals surface area (Å²) in [7, 11) is 4.62. The van der Waals surface area contributed by atoms with E-state index in [9.17, 15) is 13.2 Å². The van der Waals surface area contributed by atoms with Gasteiger partial charge >= 0.3 is 6.18 Å². The summed E-state index contributed by atoms with van der Waals surface area (Å²) < 4.78 is 53.6. The molecule has 5 aromatic rings. The van der Waals surface area contributed by atoms with Gasteiger partial charge in [0, 0.05) is 30.9 Å². The molecule has 1 saturated carbocycles. The van der Waals surface area contributed by atoms with E-state index in [4.69, 9.17) is 14.5 Å². The number of halogens is 3. The highest BCUT2D eigenvalue weighted by atomic mass is 19.4. The van der Waals surface area contributed by atoms with Gasteiger partial charge in [-0.2, -0.15) is 13.2 Å². The molecule has 1 aliphatic rings. The van der Waals surface area contributed by atoms with E-state index in [1.165, 1.54) is 25.1 Å². The van der Waals surface area contributed by atoms with Gasteiger partial charge in [0.2, 0.25) is 11.8 Å². The van der Waals surface area contributed by atoms with Crippen LogP contribution in [0.1, 0.15) is 48.7 Å². The Kier molecular flexibility index (Phi) is 6.15.